The van der Waals surface area contributed by atoms with Gasteiger partial charge in [0.1, 0.15) is 0 Å². The first kappa shape index (κ1) is 19.9. The molecule has 0 aromatic rings. The molecule has 0 rings (SSSR count). The van der Waals surface area contributed by atoms with Crippen LogP contribution in [0.3, 0.4) is 0 Å². The number of carboxylic acids is 1. The largest absolute Gasteiger partial charge is 0.481 e. The molecule has 0 radical (unpaired) electrons. The van der Waals surface area contributed by atoms with Gasteiger partial charge in [-0.25, -0.2) is 0 Å². The van der Waals surface area contributed by atoms with Crippen LogP contribution in [0.5, 0.6) is 0 Å². The summed E-state index contributed by atoms with van der Waals surface area (Å²) in [7, 11) is 1.64. The van der Waals surface area contributed by atoms with Crippen molar-refractivity contribution in [3.63, 3.8) is 0 Å². The molecule has 0 spiro atoms. The minimum atomic E-state index is -0.762. The fourth-order valence-electron chi connectivity index (χ4n) is 2.23. The molecule has 1 amide bonds. The summed E-state index contributed by atoms with van der Waals surface area (Å²) >= 11 is 0. The van der Waals surface area contributed by atoms with Crippen molar-refractivity contribution in [3.05, 3.63) is 0 Å². The molecule has 2 N–H and O–H groups in total. The summed E-state index contributed by atoms with van der Waals surface area (Å²) in [6.45, 7) is 8.88. The molecule has 21 heavy (non-hydrogen) atoms. The van der Waals surface area contributed by atoms with Gasteiger partial charge in [0.05, 0.1) is 6.10 Å². The van der Waals surface area contributed by atoms with E-state index in [-0.39, 0.29) is 29.8 Å². The van der Waals surface area contributed by atoms with Crippen LogP contribution in [0, 0.1) is 11.3 Å². The van der Waals surface area contributed by atoms with E-state index in [2.05, 4.69) is 26.1 Å². The average molecular weight is 301 g/mol. The minimum Gasteiger partial charge on any atom is -0.481 e. The number of nitrogens with one attached hydrogen (secondary N) is 1. The van der Waals surface area contributed by atoms with E-state index < -0.39 is 5.97 Å². The number of carboxylic acid groups (broad SMARTS) is 1. The van der Waals surface area contributed by atoms with Gasteiger partial charge in [-0.2, -0.15) is 0 Å². The van der Waals surface area contributed by atoms with Crippen LogP contribution in [0.1, 0.15) is 59.8 Å². The van der Waals surface area contributed by atoms with Crippen molar-refractivity contribution in [2.75, 3.05) is 13.7 Å². The number of methoxy groups -OCH3 is 1. The number of ether oxygens (including phenoxy) is 1. The second kappa shape index (κ2) is 9.77. The van der Waals surface area contributed by atoms with E-state index in [9.17, 15) is 9.59 Å². The molecule has 0 aromatic carbocycles. The zero-order valence-electron chi connectivity index (χ0n) is 14.1. The molecule has 5 heteroatoms. The van der Waals surface area contributed by atoms with E-state index in [0.717, 1.165) is 6.42 Å². The maximum absolute atomic E-state index is 11.7. The third-order valence-electron chi connectivity index (χ3n) is 3.93. The van der Waals surface area contributed by atoms with Gasteiger partial charge in [-0.15, -0.1) is 0 Å². The maximum atomic E-state index is 11.7. The van der Waals surface area contributed by atoms with Crippen molar-refractivity contribution >= 4 is 11.9 Å². The first-order valence-corrected chi connectivity index (χ1v) is 7.68. The topological polar surface area (TPSA) is 75.6 Å². The van der Waals surface area contributed by atoms with E-state index in [1.54, 1.807) is 7.11 Å². The summed E-state index contributed by atoms with van der Waals surface area (Å²) in [6, 6.07) is 0. The molecule has 0 bridgehead atoms. The fraction of sp³-hybridized carbons (Fsp3) is 0.875. The lowest BCUT2D eigenvalue weighted by atomic mass is 9.76. The Labute approximate surface area is 128 Å². The standard InChI is InChI=1S/C16H31NO4/c1-12(21-5)6-8-14(18)17-11-10-13(16(2,3)4)7-9-15(19)20/h12-13H,6-11H2,1-5H3,(H,17,18)(H,19,20). The minimum absolute atomic E-state index is 0.0322. The molecule has 5 nitrogen and oxygen atoms in total. The molecular weight excluding hydrogens is 270 g/mol. The predicted molar refractivity (Wildman–Crippen MR) is 83.1 cm³/mol. The van der Waals surface area contributed by atoms with Gasteiger partial charge in [-0.1, -0.05) is 20.8 Å². The number of rotatable bonds is 10. The number of hydrogen-bond acceptors (Lipinski definition) is 3. The average Bonchev–Trinajstić information content (AvgIpc) is 2.37. The van der Waals surface area contributed by atoms with Gasteiger partial charge in [0.15, 0.2) is 0 Å². The lowest BCUT2D eigenvalue weighted by molar-refractivity contribution is -0.137. The van der Waals surface area contributed by atoms with Gasteiger partial charge < -0.3 is 15.2 Å². The fourth-order valence-corrected chi connectivity index (χ4v) is 2.23. The van der Waals surface area contributed by atoms with Gasteiger partial charge in [-0.05, 0) is 37.5 Å². The van der Waals surface area contributed by atoms with E-state index in [1.165, 1.54) is 0 Å². The molecule has 0 aliphatic rings. The molecule has 0 saturated heterocycles. The number of carbonyl (C=O) groups excluding carboxylic acids is 1. The molecule has 2 unspecified atom stereocenters. The van der Waals surface area contributed by atoms with Crippen LogP contribution in [0.4, 0.5) is 0 Å². The first-order valence-electron chi connectivity index (χ1n) is 7.68. The molecule has 0 fully saturated rings. The Kier molecular flexibility index (Phi) is 9.26. The predicted octanol–water partition coefficient (Wildman–Crippen LogP) is 2.83. The highest BCUT2D eigenvalue weighted by Crippen LogP contribution is 2.32. The quantitative estimate of drug-likeness (QED) is 0.650. The summed E-state index contributed by atoms with van der Waals surface area (Å²) in [4.78, 5) is 22.4. The monoisotopic (exact) mass is 301 g/mol. The van der Waals surface area contributed by atoms with Gasteiger partial charge in [0.2, 0.25) is 5.91 Å². The van der Waals surface area contributed by atoms with Crippen LogP contribution in [-0.2, 0) is 14.3 Å². The third-order valence-corrected chi connectivity index (χ3v) is 3.93. The van der Waals surface area contributed by atoms with Crippen LogP contribution < -0.4 is 5.32 Å². The Morgan fingerprint density at radius 3 is 2.24 bits per heavy atom. The van der Waals surface area contributed by atoms with Crippen molar-refractivity contribution in [1.82, 2.24) is 5.32 Å². The van der Waals surface area contributed by atoms with Gasteiger partial charge in [-0.3, -0.25) is 9.59 Å². The van der Waals surface area contributed by atoms with Crippen LogP contribution in [0.2, 0.25) is 0 Å². The van der Waals surface area contributed by atoms with Crippen LogP contribution in [0.25, 0.3) is 0 Å². The highest BCUT2D eigenvalue weighted by Gasteiger charge is 2.24. The lowest BCUT2D eigenvalue weighted by Gasteiger charge is -2.30. The third kappa shape index (κ3) is 10.3. The molecule has 124 valence electrons. The molecule has 0 aliphatic heterocycles. The van der Waals surface area contributed by atoms with Crippen molar-refractivity contribution in [2.45, 2.75) is 65.9 Å². The van der Waals surface area contributed by atoms with Crippen LogP contribution in [0.15, 0.2) is 0 Å². The Morgan fingerprint density at radius 1 is 1.14 bits per heavy atom. The highest BCUT2D eigenvalue weighted by molar-refractivity contribution is 5.75. The van der Waals surface area contributed by atoms with Crippen molar-refractivity contribution in [1.29, 1.82) is 0 Å². The van der Waals surface area contributed by atoms with Crippen LogP contribution in [-0.4, -0.2) is 36.7 Å². The molecule has 0 heterocycles. The Balaban J connectivity index is 4.07. The van der Waals surface area contributed by atoms with Crippen molar-refractivity contribution in [2.24, 2.45) is 11.3 Å². The molecule has 0 saturated carbocycles. The summed E-state index contributed by atoms with van der Waals surface area (Å²) < 4.78 is 5.11. The van der Waals surface area contributed by atoms with Gasteiger partial charge in [0.25, 0.3) is 0 Å². The number of aliphatic carboxylic acids is 1. The van der Waals surface area contributed by atoms with E-state index in [4.69, 9.17) is 9.84 Å². The summed E-state index contributed by atoms with van der Waals surface area (Å²) in [5, 5.41) is 11.7. The van der Waals surface area contributed by atoms with E-state index in [0.29, 0.717) is 25.8 Å². The molecule has 0 aliphatic carbocycles. The number of carbonyl (C=O) groups is 2. The smallest absolute Gasteiger partial charge is 0.303 e. The van der Waals surface area contributed by atoms with Crippen LogP contribution >= 0.6 is 0 Å². The summed E-state index contributed by atoms with van der Waals surface area (Å²) in [6.07, 6.45) is 2.90. The van der Waals surface area contributed by atoms with Gasteiger partial charge in [0, 0.05) is 26.5 Å². The van der Waals surface area contributed by atoms with E-state index in [1.807, 2.05) is 6.92 Å². The maximum Gasteiger partial charge on any atom is 0.303 e. The van der Waals surface area contributed by atoms with Crippen molar-refractivity contribution < 1.29 is 19.4 Å². The molecular formula is C16H31NO4. The normalized spacial score (nSPS) is 14.5. The second-order valence-corrected chi connectivity index (χ2v) is 6.72. The van der Waals surface area contributed by atoms with Crippen molar-refractivity contribution in [3.8, 4) is 0 Å². The molecule has 0 aromatic heterocycles. The number of amides is 1. The second-order valence-electron chi connectivity index (χ2n) is 6.72. The Morgan fingerprint density at radius 2 is 1.76 bits per heavy atom. The summed E-state index contributed by atoms with van der Waals surface area (Å²) in [5.74, 6) is -0.446. The zero-order valence-corrected chi connectivity index (χ0v) is 14.1. The molecule has 2 atom stereocenters. The zero-order chi connectivity index (χ0) is 16.5. The van der Waals surface area contributed by atoms with E-state index >= 15 is 0 Å². The summed E-state index contributed by atoms with van der Waals surface area (Å²) in [5.41, 5.74) is 0.0464. The van der Waals surface area contributed by atoms with Gasteiger partial charge >= 0.3 is 5.97 Å². The lowest BCUT2D eigenvalue weighted by Crippen LogP contribution is -2.30. The Bertz CT molecular complexity index is 323. The first-order chi connectivity index (χ1) is 9.66. The highest BCUT2D eigenvalue weighted by atomic mass is 16.5. The SMILES string of the molecule is COC(C)CCC(=O)NCCC(CCC(=O)O)C(C)(C)C. The Hall–Kier alpha value is -1.10. The number of hydrogen-bond donors (Lipinski definition) is 2.